The van der Waals surface area contributed by atoms with Crippen LogP contribution in [0.1, 0.15) is 21.7 Å². The van der Waals surface area contributed by atoms with Gasteiger partial charge in [-0.15, -0.1) is 0 Å². The Morgan fingerprint density at radius 3 is 2.68 bits per heavy atom. The minimum Gasteiger partial charge on any atom is -0.453 e. The Kier molecular flexibility index (Phi) is 2.67. The van der Waals surface area contributed by atoms with Gasteiger partial charge in [-0.3, -0.25) is 4.79 Å². The predicted molar refractivity (Wildman–Crippen MR) is 70.8 cm³/mol. The van der Waals surface area contributed by atoms with Crippen molar-refractivity contribution in [1.82, 2.24) is 0 Å². The molecule has 0 saturated heterocycles. The van der Waals surface area contributed by atoms with Crippen LogP contribution < -0.4 is 0 Å². The van der Waals surface area contributed by atoms with Crippen LogP contribution in [0, 0.1) is 12.7 Å². The minimum absolute atomic E-state index is 0.231. The van der Waals surface area contributed by atoms with Crippen molar-refractivity contribution in [2.75, 3.05) is 0 Å². The summed E-state index contributed by atoms with van der Waals surface area (Å²) in [6.45, 7) is 1.77. The molecule has 2 nitrogen and oxygen atoms in total. The smallest absolute Gasteiger partial charge is 0.228 e. The van der Waals surface area contributed by atoms with Gasteiger partial charge in [-0.1, -0.05) is 24.3 Å². The number of furan rings is 1. The van der Waals surface area contributed by atoms with Crippen molar-refractivity contribution in [2.45, 2.75) is 6.92 Å². The molecule has 0 radical (unpaired) electrons. The average Bonchev–Trinajstić information content (AvgIpc) is 2.84. The molecule has 0 aliphatic heterocycles. The fourth-order valence-electron chi connectivity index (χ4n) is 2.07. The first kappa shape index (κ1) is 11.7. The van der Waals surface area contributed by atoms with Crippen LogP contribution in [0.2, 0.25) is 0 Å². The largest absolute Gasteiger partial charge is 0.453 e. The van der Waals surface area contributed by atoms with Crippen molar-refractivity contribution in [1.29, 1.82) is 0 Å². The van der Waals surface area contributed by atoms with E-state index in [9.17, 15) is 9.18 Å². The molecule has 94 valence electrons. The van der Waals surface area contributed by atoms with Crippen LogP contribution in [0.5, 0.6) is 0 Å². The summed E-state index contributed by atoms with van der Waals surface area (Å²) in [7, 11) is 0. The summed E-state index contributed by atoms with van der Waals surface area (Å²) in [6, 6.07) is 13.2. The molecule has 0 amide bonds. The number of halogens is 1. The quantitative estimate of drug-likeness (QED) is 0.644. The van der Waals surface area contributed by atoms with Gasteiger partial charge < -0.3 is 4.42 Å². The number of ketones is 1. The maximum Gasteiger partial charge on any atom is 0.228 e. The predicted octanol–water partition coefficient (Wildman–Crippen LogP) is 4.11. The second-order valence-corrected chi connectivity index (χ2v) is 4.44. The van der Waals surface area contributed by atoms with Gasteiger partial charge in [-0.05, 0) is 36.8 Å². The van der Waals surface area contributed by atoms with Gasteiger partial charge in [-0.25, -0.2) is 4.39 Å². The highest BCUT2D eigenvalue weighted by Crippen LogP contribution is 2.22. The van der Waals surface area contributed by atoms with Gasteiger partial charge in [0.25, 0.3) is 0 Å². The van der Waals surface area contributed by atoms with E-state index < -0.39 is 5.82 Å². The van der Waals surface area contributed by atoms with E-state index in [1.54, 1.807) is 25.1 Å². The third-order valence-electron chi connectivity index (χ3n) is 3.09. The molecule has 0 fully saturated rings. The lowest BCUT2D eigenvalue weighted by molar-refractivity contribution is 0.101. The Morgan fingerprint density at radius 1 is 1.11 bits per heavy atom. The summed E-state index contributed by atoms with van der Waals surface area (Å²) in [5, 5.41) is 0.861. The lowest BCUT2D eigenvalue weighted by Gasteiger charge is -2.02. The van der Waals surface area contributed by atoms with Crippen molar-refractivity contribution in [2.24, 2.45) is 0 Å². The van der Waals surface area contributed by atoms with E-state index in [1.807, 2.05) is 18.2 Å². The lowest BCUT2D eigenvalue weighted by Crippen LogP contribution is -2.02. The molecule has 0 N–H and O–H groups in total. The first-order valence-electron chi connectivity index (χ1n) is 5.94. The Balaban J connectivity index is 2.10. The second kappa shape index (κ2) is 4.35. The molecule has 0 bridgehead atoms. The van der Waals surface area contributed by atoms with Crippen LogP contribution in [0.3, 0.4) is 0 Å². The lowest BCUT2D eigenvalue weighted by atomic mass is 10.0. The van der Waals surface area contributed by atoms with Crippen LogP contribution in [0.15, 0.2) is 52.9 Å². The normalized spacial score (nSPS) is 10.8. The highest BCUT2D eigenvalue weighted by Gasteiger charge is 2.17. The van der Waals surface area contributed by atoms with Gasteiger partial charge in [0.15, 0.2) is 5.76 Å². The summed E-state index contributed by atoms with van der Waals surface area (Å²) in [6.07, 6.45) is 0. The number of carbonyl (C=O) groups is 1. The maximum atomic E-state index is 13.2. The molecular formula is C16H11FO2. The van der Waals surface area contributed by atoms with Gasteiger partial charge in [0.05, 0.1) is 0 Å². The molecule has 3 aromatic rings. The molecule has 1 heterocycles. The highest BCUT2D eigenvalue weighted by molar-refractivity contribution is 6.09. The zero-order chi connectivity index (χ0) is 13.4. The summed E-state index contributed by atoms with van der Waals surface area (Å²) in [5.41, 5.74) is 1.71. The van der Waals surface area contributed by atoms with Gasteiger partial charge >= 0.3 is 0 Å². The Morgan fingerprint density at radius 2 is 1.89 bits per heavy atom. The highest BCUT2D eigenvalue weighted by atomic mass is 19.1. The van der Waals surface area contributed by atoms with E-state index in [2.05, 4.69) is 0 Å². The Labute approximate surface area is 109 Å². The van der Waals surface area contributed by atoms with Crippen LogP contribution in [0.4, 0.5) is 4.39 Å². The van der Waals surface area contributed by atoms with Crippen molar-refractivity contribution >= 4 is 16.8 Å². The average molecular weight is 254 g/mol. The van der Waals surface area contributed by atoms with Crippen LogP contribution in [0.25, 0.3) is 11.0 Å². The number of carbonyl (C=O) groups excluding carboxylic acids is 1. The van der Waals surface area contributed by atoms with Crippen molar-refractivity contribution in [3.63, 3.8) is 0 Å². The monoisotopic (exact) mass is 254 g/mol. The molecule has 2 aromatic carbocycles. The third kappa shape index (κ3) is 2.03. The maximum absolute atomic E-state index is 13.2. The van der Waals surface area contributed by atoms with E-state index in [1.165, 1.54) is 12.1 Å². The van der Waals surface area contributed by atoms with Gasteiger partial charge in [0.1, 0.15) is 11.4 Å². The number of hydrogen-bond acceptors (Lipinski definition) is 2. The molecule has 19 heavy (non-hydrogen) atoms. The first-order valence-corrected chi connectivity index (χ1v) is 5.94. The number of hydrogen-bond donors (Lipinski definition) is 0. The van der Waals surface area contributed by atoms with Gasteiger partial charge in [0, 0.05) is 10.9 Å². The molecule has 0 aliphatic carbocycles. The fourth-order valence-corrected chi connectivity index (χ4v) is 2.07. The minimum atomic E-state index is -0.426. The molecule has 0 atom stereocenters. The van der Waals surface area contributed by atoms with Crippen molar-refractivity contribution in [3.05, 3.63) is 71.2 Å². The van der Waals surface area contributed by atoms with Crippen LogP contribution in [-0.4, -0.2) is 5.78 Å². The zero-order valence-electron chi connectivity index (χ0n) is 10.3. The Hall–Kier alpha value is -2.42. The molecular weight excluding hydrogens is 243 g/mol. The molecule has 3 heteroatoms. The SMILES string of the molecule is Cc1ccc(F)cc1C(=O)c1cc2ccccc2o1. The molecule has 0 spiro atoms. The second-order valence-electron chi connectivity index (χ2n) is 4.44. The number of rotatable bonds is 2. The standard InChI is InChI=1S/C16H11FO2/c1-10-6-7-12(17)9-13(10)16(18)15-8-11-4-2-3-5-14(11)19-15/h2-9H,1H3. The summed E-state index contributed by atoms with van der Waals surface area (Å²) in [4.78, 5) is 12.3. The third-order valence-corrected chi connectivity index (χ3v) is 3.09. The van der Waals surface area contributed by atoms with E-state index in [0.717, 1.165) is 10.9 Å². The van der Waals surface area contributed by atoms with Gasteiger partial charge in [-0.2, -0.15) is 0 Å². The van der Waals surface area contributed by atoms with E-state index >= 15 is 0 Å². The van der Waals surface area contributed by atoms with Gasteiger partial charge in [0.2, 0.25) is 5.78 Å². The van der Waals surface area contributed by atoms with Crippen LogP contribution >= 0.6 is 0 Å². The first-order chi connectivity index (χ1) is 9.15. The summed E-state index contributed by atoms with van der Waals surface area (Å²) < 4.78 is 18.8. The van der Waals surface area contributed by atoms with Crippen molar-refractivity contribution in [3.8, 4) is 0 Å². The van der Waals surface area contributed by atoms with Crippen molar-refractivity contribution < 1.29 is 13.6 Å². The molecule has 0 unspecified atom stereocenters. The molecule has 0 aliphatic rings. The fraction of sp³-hybridized carbons (Fsp3) is 0.0625. The summed E-state index contributed by atoms with van der Waals surface area (Å²) >= 11 is 0. The van der Waals surface area contributed by atoms with E-state index in [0.29, 0.717) is 11.1 Å². The number of para-hydroxylation sites is 1. The van der Waals surface area contributed by atoms with Crippen LogP contribution in [-0.2, 0) is 0 Å². The summed E-state index contributed by atoms with van der Waals surface area (Å²) in [5.74, 6) is -0.492. The molecule has 0 saturated carbocycles. The molecule has 3 rings (SSSR count). The van der Waals surface area contributed by atoms with E-state index in [4.69, 9.17) is 4.42 Å². The topological polar surface area (TPSA) is 30.2 Å². The zero-order valence-corrected chi connectivity index (χ0v) is 10.3. The molecule has 1 aromatic heterocycles. The number of fused-ring (bicyclic) bond motifs is 1. The Bertz CT molecular complexity index is 738. The number of aryl methyl sites for hydroxylation is 1. The van der Waals surface area contributed by atoms with E-state index in [-0.39, 0.29) is 11.5 Å². The number of benzene rings is 2.